The Bertz CT molecular complexity index is 888. The predicted molar refractivity (Wildman–Crippen MR) is 161 cm³/mol. The van der Waals surface area contributed by atoms with Crippen LogP contribution in [-0.4, -0.2) is 11.1 Å². The van der Waals surface area contributed by atoms with Crippen LogP contribution in [0.2, 0.25) is 0 Å². The summed E-state index contributed by atoms with van der Waals surface area (Å²) < 4.78 is 5.75. The van der Waals surface area contributed by atoms with E-state index < -0.39 is 5.97 Å². The highest BCUT2D eigenvalue weighted by Crippen LogP contribution is 2.28. The lowest BCUT2D eigenvalue weighted by molar-refractivity contribution is 0.0729. The van der Waals surface area contributed by atoms with Crippen molar-refractivity contribution in [1.82, 2.24) is 0 Å². The fourth-order valence-corrected chi connectivity index (χ4v) is 5.17. The lowest BCUT2D eigenvalue weighted by Crippen LogP contribution is -2.11. The maximum absolute atomic E-state index is 12.9. The Labute approximate surface area is 233 Å². The number of hydrogen-bond acceptors (Lipinski definition) is 3. The van der Waals surface area contributed by atoms with Gasteiger partial charge in [-0.15, -0.1) is 0 Å². The molecule has 38 heavy (non-hydrogen) atoms. The lowest BCUT2D eigenvalue weighted by atomic mass is 10.0. The summed E-state index contributed by atoms with van der Waals surface area (Å²) in [5.74, 6) is 0.199. The first-order valence-electron chi connectivity index (χ1n) is 15.8. The summed E-state index contributed by atoms with van der Waals surface area (Å²) in [4.78, 5) is 12.9. The van der Waals surface area contributed by atoms with Crippen LogP contribution in [0.25, 0.3) is 0 Å². The van der Waals surface area contributed by atoms with Gasteiger partial charge in [0.15, 0.2) is 0 Å². The van der Waals surface area contributed by atoms with Gasteiger partial charge in [-0.3, -0.25) is 0 Å². The Morgan fingerprint density at radius 1 is 0.579 bits per heavy atom. The number of ether oxygens (including phenoxy) is 1. The highest BCUT2D eigenvalue weighted by Gasteiger charge is 2.17. The average molecular weight is 523 g/mol. The topological polar surface area (TPSA) is 46.5 Å². The van der Waals surface area contributed by atoms with Gasteiger partial charge in [-0.2, -0.15) is 0 Å². The number of phenols is 1. The Kier molecular flexibility index (Phi) is 17.3. The molecule has 0 fully saturated rings. The Hall–Kier alpha value is -2.29. The Balaban J connectivity index is 1.67. The van der Waals surface area contributed by atoms with Gasteiger partial charge < -0.3 is 9.84 Å². The van der Waals surface area contributed by atoms with Gasteiger partial charge in [0.25, 0.3) is 0 Å². The first kappa shape index (κ1) is 31.9. The zero-order valence-corrected chi connectivity index (χ0v) is 24.4. The summed E-state index contributed by atoms with van der Waals surface area (Å²) in [6, 6.07) is 13.2. The molecule has 0 saturated heterocycles. The molecule has 2 aromatic carbocycles. The van der Waals surface area contributed by atoms with Crippen molar-refractivity contribution in [3.05, 3.63) is 59.2 Å². The predicted octanol–water partition coefficient (Wildman–Crippen LogP) is 10.8. The lowest BCUT2D eigenvalue weighted by Gasteiger charge is -2.12. The highest BCUT2D eigenvalue weighted by molar-refractivity contribution is 5.94. The summed E-state index contributed by atoms with van der Waals surface area (Å²) in [6.07, 6.45) is 25.0. The number of carbonyl (C=O) groups is 1. The Morgan fingerprint density at radius 2 is 1.03 bits per heavy atom. The third-order valence-corrected chi connectivity index (χ3v) is 7.61. The monoisotopic (exact) mass is 522 g/mol. The summed E-state index contributed by atoms with van der Waals surface area (Å²) in [5, 5.41) is 10.8. The van der Waals surface area contributed by atoms with Crippen LogP contribution in [0.4, 0.5) is 0 Å². The number of phenolic OH excluding ortho intramolecular Hbond substituents is 1. The maximum atomic E-state index is 12.9. The van der Waals surface area contributed by atoms with E-state index in [1.165, 1.54) is 96.3 Å². The number of esters is 1. The van der Waals surface area contributed by atoms with Crippen molar-refractivity contribution in [2.24, 2.45) is 0 Å². The van der Waals surface area contributed by atoms with Gasteiger partial charge in [0.1, 0.15) is 17.1 Å². The molecule has 3 heteroatoms. The molecule has 0 amide bonds. The minimum absolute atomic E-state index is 0.0765. The van der Waals surface area contributed by atoms with Gasteiger partial charge in [0.2, 0.25) is 0 Å². The normalized spacial score (nSPS) is 11.1. The van der Waals surface area contributed by atoms with Gasteiger partial charge in [0.05, 0.1) is 0 Å². The van der Waals surface area contributed by atoms with Crippen LogP contribution in [0.5, 0.6) is 11.5 Å². The number of aryl methyl sites for hydroxylation is 2. The van der Waals surface area contributed by atoms with Gasteiger partial charge in [-0.1, -0.05) is 147 Å². The number of hydrogen-bond donors (Lipinski definition) is 1. The number of unbranched alkanes of at least 4 members (excludes halogenated alkanes) is 16. The van der Waals surface area contributed by atoms with Crippen molar-refractivity contribution in [3.8, 4) is 11.5 Å². The van der Waals surface area contributed by atoms with Crippen LogP contribution in [-0.2, 0) is 12.8 Å². The maximum Gasteiger partial charge on any atom is 0.347 e. The summed E-state index contributed by atoms with van der Waals surface area (Å²) in [5.41, 5.74) is 2.15. The van der Waals surface area contributed by atoms with E-state index in [0.29, 0.717) is 5.75 Å². The average Bonchev–Trinajstić information content (AvgIpc) is 2.93. The number of benzene rings is 2. The second-order valence-electron chi connectivity index (χ2n) is 11.0. The van der Waals surface area contributed by atoms with Gasteiger partial charge in [0, 0.05) is 0 Å². The van der Waals surface area contributed by atoms with Crippen LogP contribution in [0.15, 0.2) is 42.5 Å². The van der Waals surface area contributed by atoms with E-state index >= 15 is 0 Å². The zero-order chi connectivity index (χ0) is 27.3. The van der Waals surface area contributed by atoms with E-state index in [0.717, 1.165) is 43.2 Å². The first-order chi connectivity index (χ1) is 18.7. The van der Waals surface area contributed by atoms with Gasteiger partial charge >= 0.3 is 5.97 Å². The molecule has 0 radical (unpaired) electrons. The van der Waals surface area contributed by atoms with E-state index in [1.807, 2.05) is 36.4 Å². The van der Waals surface area contributed by atoms with Crippen molar-refractivity contribution in [2.75, 3.05) is 0 Å². The van der Waals surface area contributed by atoms with E-state index in [-0.39, 0.29) is 11.3 Å². The van der Waals surface area contributed by atoms with Crippen molar-refractivity contribution < 1.29 is 14.6 Å². The molecule has 0 unspecified atom stereocenters. The van der Waals surface area contributed by atoms with Crippen molar-refractivity contribution >= 4 is 5.97 Å². The molecule has 0 aliphatic rings. The molecule has 0 aliphatic heterocycles. The number of para-hydroxylation sites is 2. The molecule has 0 heterocycles. The summed E-state index contributed by atoms with van der Waals surface area (Å²) >= 11 is 0. The zero-order valence-electron chi connectivity index (χ0n) is 24.4. The van der Waals surface area contributed by atoms with Crippen LogP contribution in [0, 0.1) is 0 Å². The van der Waals surface area contributed by atoms with Gasteiger partial charge in [-0.05, 0) is 48.9 Å². The first-order valence-corrected chi connectivity index (χ1v) is 15.8. The molecule has 212 valence electrons. The largest absolute Gasteiger partial charge is 0.507 e. The minimum atomic E-state index is -0.480. The smallest absolute Gasteiger partial charge is 0.347 e. The molecule has 0 aromatic heterocycles. The van der Waals surface area contributed by atoms with Crippen LogP contribution >= 0.6 is 0 Å². The molecule has 3 nitrogen and oxygen atoms in total. The summed E-state index contributed by atoms with van der Waals surface area (Å²) in [6.45, 7) is 4.48. The van der Waals surface area contributed by atoms with Crippen molar-refractivity contribution in [3.63, 3.8) is 0 Å². The SMILES string of the molecule is CCCCCCCCCCCCCCCCc1cccc(C(=O)Oc2ccccc2CCCCCC)c1O. The summed E-state index contributed by atoms with van der Waals surface area (Å²) in [7, 11) is 0. The molecule has 2 aromatic rings. The number of aromatic hydroxyl groups is 1. The fourth-order valence-electron chi connectivity index (χ4n) is 5.17. The van der Waals surface area contributed by atoms with Crippen LogP contribution in [0.3, 0.4) is 0 Å². The molecule has 0 aliphatic carbocycles. The molecule has 0 atom stereocenters. The molecule has 2 rings (SSSR count). The quantitative estimate of drug-likeness (QED) is 0.0950. The third-order valence-electron chi connectivity index (χ3n) is 7.61. The van der Waals surface area contributed by atoms with E-state index in [1.54, 1.807) is 6.07 Å². The standard InChI is InChI=1S/C35H54O3/c1-3-5-7-9-10-11-12-13-14-15-16-17-18-20-26-31-27-23-28-32(34(31)36)35(37)38-33-29-22-21-25-30(33)24-19-8-6-4-2/h21-23,25,27-29,36H,3-20,24,26H2,1-2H3. The van der Waals surface area contributed by atoms with Gasteiger partial charge in [-0.25, -0.2) is 4.79 Å². The van der Waals surface area contributed by atoms with Crippen molar-refractivity contribution in [1.29, 1.82) is 0 Å². The van der Waals surface area contributed by atoms with E-state index in [2.05, 4.69) is 13.8 Å². The fraction of sp³-hybridized carbons (Fsp3) is 0.629. The number of rotatable bonds is 22. The minimum Gasteiger partial charge on any atom is -0.507 e. The van der Waals surface area contributed by atoms with Crippen LogP contribution < -0.4 is 4.74 Å². The molecule has 0 saturated carbocycles. The highest BCUT2D eigenvalue weighted by atomic mass is 16.5. The third kappa shape index (κ3) is 13.0. The molecular formula is C35H54O3. The number of carbonyl (C=O) groups excluding carboxylic acids is 1. The van der Waals surface area contributed by atoms with Crippen LogP contribution in [0.1, 0.15) is 151 Å². The van der Waals surface area contributed by atoms with E-state index in [9.17, 15) is 9.90 Å². The molecule has 0 bridgehead atoms. The molecular weight excluding hydrogens is 468 g/mol. The van der Waals surface area contributed by atoms with Crippen molar-refractivity contribution in [2.45, 2.75) is 142 Å². The second kappa shape index (κ2) is 20.6. The van der Waals surface area contributed by atoms with E-state index in [4.69, 9.17) is 4.74 Å². The molecule has 1 N–H and O–H groups in total. The Morgan fingerprint density at radius 3 is 1.61 bits per heavy atom. The molecule has 0 spiro atoms. The second-order valence-corrected chi connectivity index (χ2v) is 11.0.